The van der Waals surface area contributed by atoms with Crippen LogP contribution >= 0.6 is 11.8 Å². The fraction of sp³-hybridized carbons (Fsp3) is 0.250. The number of non-ortho nitro benzene ring substituents is 1. The van der Waals surface area contributed by atoms with Crippen molar-refractivity contribution in [1.82, 2.24) is 0 Å². The fourth-order valence-corrected chi connectivity index (χ4v) is 3.66. The van der Waals surface area contributed by atoms with Gasteiger partial charge in [0.25, 0.3) is 5.69 Å². The molecule has 1 aliphatic rings. The van der Waals surface area contributed by atoms with Crippen molar-refractivity contribution in [3.8, 4) is 5.75 Å². The first kappa shape index (κ1) is 13.9. The van der Waals surface area contributed by atoms with Crippen LogP contribution in [0.15, 0.2) is 47.4 Å². The van der Waals surface area contributed by atoms with E-state index in [1.807, 2.05) is 18.7 Å². The van der Waals surface area contributed by atoms with E-state index in [4.69, 9.17) is 4.74 Å². The van der Waals surface area contributed by atoms with Crippen molar-refractivity contribution in [2.75, 3.05) is 6.61 Å². The van der Waals surface area contributed by atoms with Crippen LogP contribution in [0.2, 0.25) is 0 Å². The standard InChI is InChI=1S/C16H15NO3S/c1-11-8-13(17(18)19)6-7-15(11)20-10-14-9-12-4-2-3-5-16(12)21-14/h2-8,14H,9-10H2,1H3. The number of ether oxygens (including phenoxy) is 1. The second-order valence-electron chi connectivity index (χ2n) is 5.07. The number of nitro groups is 1. The summed E-state index contributed by atoms with van der Waals surface area (Å²) in [5, 5.41) is 11.1. The van der Waals surface area contributed by atoms with Gasteiger partial charge in [-0.15, -0.1) is 11.8 Å². The van der Waals surface area contributed by atoms with Crippen molar-refractivity contribution >= 4 is 17.4 Å². The topological polar surface area (TPSA) is 52.4 Å². The SMILES string of the molecule is Cc1cc([N+](=O)[O-])ccc1OCC1Cc2ccccc2S1. The monoisotopic (exact) mass is 301 g/mol. The van der Waals surface area contributed by atoms with Crippen molar-refractivity contribution in [3.05, 3.63) is 63.7 Å². The van der Waals surface area contributed by atoms with Crippen LogP contribution in [-0.2, 0) is 6.42 Å². The third kappa shape index (κ3) is 3.03. The van der Waals surface area contributed by atoms with Crippen molar-refractivity contribution < 1.29 is 9.66 Å². The summed E-state index contributed by atoms with van der Waals surface area (Å²) in [7, 11) is 0. The first-order chi connectivity index (χ1) is 10.1. The summed E-state index contributed by atoms with van der Waals surface area (Å²) in [4.78, 5) is 11.7. The van der Waals surface area contributed by atoms with Crippen LogP contribution < -0.4 is 4.74 Å². The number of aryl methyl sites for hydroxylation is 1. The zero-order valence-corrected chi connectivity index (χ0v) is 12.4. The maximum Gasteiger partial charge on any atom is 0.269 e. The molecule has 0 aromatic heterocycles. The lowest BCUT2D eigenvalue weighted by Gasteiger charge is -2.12. The van der Waals surface area contributed by atoms with Gasteiger partial charge in [-0.2, -0.15) is 0 Å². The Balaban J connectivity index is 1.63. The third-order valence-electron chi connectivity index (χ3n) is 3.51. The molecule has 0 saturated carbocycles. The molecule has 5 heteroatoms. The highest BCUT2D eigenvalue weighted by Gasteiger charge is 2.22. The number of hydrogen-bond acceptors (Lipinski definition) is 4. The van der Waals surface area contributed by atoms with E-state index in [1.165, 1.54) is 16.5 Å². The van der Waals surface area contributed by atoms with Crippen LogP contribution in [0, 0.1) is 17.0 Å². The van der Waals surface area contributed by atoms with E-state index in [9.17, 15) is 10.1 Å². The van der Waals surface area contributed by atoms with Crippen LogP contribution in [0.5, 0.6) is 5.75 Å². The fourth-order valence-electron chi connectivity index (χ4n) is 2.44. The minimum atomic E-state index is -0.389. The van der Waals surface area contributed by atoms with E-state index in [-0.39, 0.29) is 10.6 Å². The lowest BCUT2D eigenvalue weighted by Crippen LogP contribution is -2.13. The number of benzene rings is 2. The number of fused-ring (bicyclic) bond motifs is 1. The molecule has 0 amide bonds. The molecule has 1 aliphatic heterocycles. The van der Waals surface area contributed by atoms with Gasteiger partial charge in [0.15, 0.2) is 0 Å². The van der Waals surface area contributed by atoms with Crippen LogP contribution in [-0.4, -0.2) is 16.8 Å². The Morgan fingerprint density at radius 3 is 2.86 bits per heavy atom. The summed E-state index contributed by atoms with van der Waals surface area (Å²) in [6.45, 7) is 2.44. The molecule has 3 rings (SSSR count). The average Bonchev–Trinajstić information content (AvgIpc) is 2.88. The quantitative estimate of drug-likeness (QED) is 0.632. The second kappa shape index (κ2) is 5.77. The summed E-state index contributed by atoms with van der Waals surface area (Å²) >= 11 is 1.84. The first-order valence-corrected chi connectivity index (χ1v) is 7.64. The van der Waals surface area contributed by atoms with E-state index < -0.39 is 0 Å². The molecule has 0 saturated heterocycles. The summed E-state index contributed by atoms with van der Waals surface area (Å²) in [6, 6.07) is 13.1. The normalized spacial score (nSPS) is 16.5. The Hall–Kier alpha value is -2.01. The minimum absolute atomic E-state index is 0.0995. The number of nitro benzene ring substituents is 1. The molecule has 4 nitrogen and oxygen atoms in total. The molecular formula is C16H15NO3S. The highest BCUT2D eigenvalue weighted by atomic mass is 32.2. The van der Waals surface area contributed by atoms with E-state index in [2.05, 4.69) is 24.3 Å². The zero-order valence-electron chi connectivity index (χ0n) is 11.6. The van der Waals surface area contributed by atoms with E-state index in [1.54, 1.807) is 12.1 Å². The molecule has 0 spiro atoms. The molecule has 0 bridgehead atoms. The Bertz CT molecular complexity index is 662. The predicted octanol–water partition coefficient (Wildman–Crippen LogP) is 4.00. The van der Waals surface area contributed by atoms with Crippen molar-refractivity contribution in [1.29, 1.82) is 0 Å². The number of thioether (sulfide) groups is 1. The van der Waals surface area contributed by atoms with Gasteiger partial charge in [-0.1, -0.05) is 18.2 Å². The van der Waals surface area contributed by atoms with Gasteiger partial charge in [-0.3, -0.25) is 10.1 Å². The summed E-state index contributed by atoms with van der Waals surface area (Å²) in [6.07, 6.45) is 1.01. The van der Waals surface area contributed by atoms with Gasteiger partial charge in [0.2, 0.25) is 0 Å². The van der Waals surface area contributed by atoms with Crippen molar-refractivity contribution in [2.24, 2.45) is 0 Å². The van der Waals surface area contributed by atoms with Gasteiger partial charge < -0.3 is 4.74 Å². The summed E-state index contributed by atoms with van der Waals surface area (Å²) in [5.74, 6) is 0.720. The van der Waals surface area contributed by atoms with Crippen LogP contribution in [0.1, 0.15) is 11.1 Å². The van der Waals surface area contributed by atoms with Gasteiger partial charge in [0, 0.05) is 22.3 Å². The molecule has 1 atom stereocenters. The number of nitrogens with zero attached hydrogens (tertiary/aromatic N) is 1. The molecule has 108 valence electrons. The second-order valence-corrected chi connectivity index (χ2v) is 6.41. The van der Waals surface area contributed by atoms with Crippen molar-refractivity contribution in [2.45, 2.75) is 23.5 Å². The summed E-state index contributed by atoms with van der Waals surface area (Å²) < 4.78 is 5.84. The molecule has 0 radical (unpaired) electrons. The number of hydrogen-bond donors (Lipinski definition) is 0. The highest BCUT2D eigenvalue weighted by Crippen LogP contribution is 2.37. The van der Waals surface area contributed by atoms with Crippen LogP contribution in [0.25, 0.3) is 0 Å². The van der Waals surface area contributed by atoms with Gasteiger partial charge in [0.1, 0.15) is 12.4 Å². The summed E-state index contributed by atoms with van der Waals surface area (Å²) in [5.41, 5.74) is 2.27. The molecule has 2 aromatic carbocycles. The lowest BCUT2D eigenvalue weighted by molar-refractivity contribution is -0.384. The smallest absolute Gasteiger partial charge is 0.269 e. The van der Waals surface area contributed by atoms with E-state index in [0.717, 1.165) is 17.7 Å². The van der Waals surface area contributed by atoms with Gasteiger partial charge >= 0.3 is 0 Å². The zero-order chi connectivity index (χ0) is 14.8. The molecule has 0 N–H and O–H groups in total. The van der Waals surface area contributed by atoms with Gasteiger partial charge in [0.05, 0.1) is 4.92 Å². The molecule has 1 unspecified atom stereocenters. The molecule has 0 aliphatic carbocycles. The lowest BCUT2D eigenvalue weighted by atomic mass is 10.1. The van der Waals surface area contributed by atoms with Gasteiger partial charge in [-0.05, 0) is 36.6 Å². The third-order valence-corrected chi connectivity index (χ3v) is 4.80. The molecular weight excluding hydrogens is 286 g/mol. The minimum Gasteiger partial charge on any atom is -0.492 e. The molecule has 1 heterocycles. The largest absolute Gasteiger partial charge is 0.492 e. The highest BCUT2D eigenvalue weighted by molar-refractivity contribution is 8.00. The van der Waals surface area contributed by atoms with Crippen LogP contribution in [0.3, 0.4) is 0 Å². The van der Waals surface area contributed by atoms with E-state index in [0.29, 0.717) is 11.9 Å². The maximum atomic E-state index is 10.7. The maximum absolute atomic E-state index is 10.7. The van der Waals surface area contributed by atoms with Crippen molar-refractivity contribution in [3.63, 3.8) is 0 Å². The molecule has 2 aromatic rings. The first-order valence-electron chi connectivity index (χ1n) is 6.76. The Kier molecular flexibility index (Phi) is 3.84. The number of rotatable bonds is 4. The Morgan fingerprint density at radius 1 is 1.33 bits per heavy atom. The Morgan fingerprint density at radius 2 is 2.14 bits per heavy atom. The van der Waals surface area contributed by atoms with E-state index >= 15 is 0 Å². The van der Waals surface area contributed by atoms with Gasteiger partial charge in [-0.25, -0.2) is 0 Å². The average molecular weight is 301 g/mol. The Labute approximate surface area is 127 Å². The molecule has 0 fully saturated rings. The molecule has 21 heavy (non-hydrogen) atoms. The predicted molar refractivity (Wildman–Crippen MR) is 83.1 cm³/mol. The van der Waals surface area contributed by atoms with Crippen LogP contribution in [0.4, 0.5) is 5.69 Å².